The van der Waals surface area contributed by atoms with Gasteiger partial charge < -0.3 is 9.30 Å². The molecule has 4 rings (SSSR count). The number of anilines is 1. The van der Waals surface area contributed by atoms with E-state index < -0.39 is 10.0 Å². The molecule has 0 N–H and O–H groups in total. The fraction of sp³-hybridized carbons (Fsp3) is 0.286. The standard InChI is InChI=1S/C21H21N3O3S/c1-3-23-20-13-17(27-2)8-9-18(20)19(14-22)21(23)15-6-4-7-16(12-15)24-10-5-11-28(24,25)26/h4,6-9,12-13H,3,5,10-11H2,1-2H3. The van der Waals surface area contributed by atoms with Gasteiger partial charge in [0.15, 0.2) is 0 Å². The molecule has 0 bridgehead atoms. The number of nitriles is 1. The topological polar surface area (TPSA) is 75.3 Å². The van der Waals surface area contributed by atoms with Crippen molar-refractivity contribution in [3.05, 3.63) is 48.0 Å². The van der Waals surface area contributed by atoms with Crippen LogP contribution in [-0.4, -0.2) is 32.4 Å². The van der Waals surface area contributed by atoms with E-state index in [1.54, 1.807) is 13.2 Å². The molecule has 0 atom stereocenters. The Balaban J connectivity index is 1.95. The molecule has 0 spiro atoms. The van der Waals surface area contributed by atoms with Crippen molar-refractivity contribution in [1.82, 2.24) is 4.57 Å². The van der Waals surface area contributed by atoms with Crippen LogP contribution in [0.15, 0.2) is 42.5 Å². The second kappa shape index (κ2) is 6.88. The lowest BCUT2D eigenvalue weighted by Crippen LogP contribution is -2.25. The summed E-state index contributed by atoms with van der Waals surface area (Å²) in [6, 6.07) is 15.5. The molecule has 7 heteroatoms. The molecule has 1 aliphatic rings. The lowest BCUT2D eigenvalue weighted by Gasteiger charge is -2.18. The van der Waals surface area contributed by atoms with Crippen molar-refractivity contribution < 1.29 is 13.2 Å². The highest BCUT2D eigenvalue weighted by Gasteiger charge is 2.29. The van der Waals surface area contributed by atoms with Crippen molar-refractivity contribution in [3.63, 3.8) is 0 Å². The Kier molecular flexibility index (Phi) is 4.52. The normalized spacial score (nSPS) is 15.7. The van der Waals surface area contributed by atoms with Gasteiger partial charge in [-0.1, -0.05) is 12.1 Å². The Bertz CT molecular complexity index is 1210. The van der Waals surface area contributed by atoms with Crippen molar-refractivity contribution in [2.24, 2.45) is 0 Å². The number of benzene rings is 2. The Hall–Kier alpha value is -2.98. The van der Waals surface area contributed by atoms with Gasteiger partial charge in [0, 0.05) is 30.1 Å². The Morgan fingerprint density at radius 2 is 2.04 bits per heavy atom. The van der Waals surface area contributed by atoms with Crippen LogP contribution < -0.4 is 9.04 Å². The average Bonchev–Trinajstić information content (AvgIpc) is 3.23. The van der Waals surface area contributed by atoms with Gasteiger partial charge in [-0.2, -0.15) is 5.26 Å². The third-order valence-electron chi connectivity index (χ3n) is 5.21. The predicted molar refractivity (Wildman–Crippen MR) is 110 cm³/mol. The van der Waals surface area contributed by atoms with Crippen LogP contribution >= 0.6 is 0 Å². The van der Waals surface area contributed by atoms with Gasteiger partial charge in [-0.25, -0.2) is 8.42 Å². The summed E-state index contributed by atoms with van der Waals surface area (Å²) in [5, 5.41) is 10.7. The predicted octanol–water partition coefficient (Wildman–Crippen LogP) is 3.75. The molecule has 1 fully saturated rings. The molecule has 1 aliphatic heterocycles. The summed E-state index contributed by atoms with van der Waals surface area (Å²) in [4.78, 5) is 0. The minimum Gasteiger partial charge on any atom is -0.497 e. The maximum Gasteiger partial charge on any atom is 0.235 e. The molecule has 2 heterocycles. The number of rotatable bonds is 4. The van der Waals surface area contributed by atoms with E-state index in [0.29, 0.717) is 30.8 Å². The largest absolute Gasteiger partial charge is 0.497 e. The Morgan fingerprint density at radius 1 is 1.21 bits per heavy atom. The molecule has 0 aliphatic carbocycles. The van der Waals surface area contributed by atoms with Crippen molar-refractivity contribution >= 4 is 26.6 Å². The number of methoxy groups -OCH3 is 1. The van der Waals surface area contributed by atoms with E-state index in [1.165, 1.54) is 4.31 Å². The van der Waals surface area contributed by atoms with Gasteiger partial charge >= 0.3 is 0 Å². The average molecular weight is 395 g/mol. The zero-order valence-electron chi connectivity index (χ0n) is 15.8. The van der Waals surface area contributed by atoms with Crippen LogP contribution in [0.5, 0.6) is 5.75 Å². The first kappa shape index (κ1) is 18.4. The molecule has 1 aromatic heterocycles. The molecule has 0 amide bonds. The quantitative estimate of drug-likeness (QED) is 0.674. The second-order valence-electron chi connectivity index (χ2n) is 6.75. The molecule has 0 saturated carbocycles. The van der Waals surface area contributed by atoms with Crippen molar-refractivity contribution in [2.45, 2.75) is 19.9 Å². The van der Waals surface area contributed by atoms with Crippen LogP contribution in [0.4, 0.5) is 5.69 Å². The smallest absolute Gasteiger partial charge is 0.235 e. The van der Waals surface area contributed by atoms with Crippen LogP contribution in [-0.2, 0) is 16.6 Å². The summed E-state index contributed by atoms with van der Waals surface area (Å²) in [6.45, 7) is 3.19. The highest BCUT2D eigenvalue weighted by Crippen LogP contribution is 2.37. The van der Waals surface area contributed by atoms with E-state index in [0.717, 1.165) is 27.9 Å². The van der Waals surface area contributed by atoms with Crippen LogP contribution in [0, 0.1) is 11.3 Å². The number of hydrogen-bond acceptors (Lipinski definition) is 4. The Morgan fingerprint density at radius 3 is 2.68 bits per heavy atom. The number of fused-ring (bicyclic) bond motifs is 1. The van der Waals surface area contributed by atoms with Gasteiger partial charge in [0.1, 0.15) is 11.8 Å². The summed E-state index contributed by atoms with van der Waals surface area (Å²) in [5.74, 6) is 0.906. The first-order valence-corrected chi connectivity index (χ1v) is 10.8. The van der Waals surface area contributed by atoms with Gasteiger partial charge in [0.2, 0.25) is 10.0 Å². The van der Waals surface area contributed by atoms with Gasteiger partial charge in [0.05, 0.1) is 35.3 Å². The van der Waals surface area contributed by atoms with E-state index in [9.17, 15) is 13.7 Å². The van der Waals surface area contributed by atoms with Crippen molar-refractivity contribution in [3.8, 4) is 23.1 Å². The fourth-order valence-corrected chi connectivity index (χ4v) is 5.49. The highest BCUT2D eigenvalue weighted by atomic mass is 32.2. The maximum absolute atomic E-state index is 12.3. The first-order chi connectivity index (χ1) is 13.5. The lowest BCUT2D eigenvalue weighted by atomic mass is 10.1. The number of ether oxygens (including phenoxy) is 1. The number of aryl methyl sites for hydroxylation is 1. The molecule has 2 aromatic carbocycles. The summed E-state index contributed by atoms with van der Waals surface area (Å²) >= 11 is 0. The molecule has 144 valence electrons. The van der Waals surface area contributed by atoms with Crippen LogP contribution in [0.1, 0.15) is 18.9 Å². The van der Waals surface area contributed by atoms with Crippen molar-refractivity contribution in [2.75, 3.05) is 23.7 Å². The fourth-order valence-electron chi connectivity index (χ4n) is 3.94. The van der Waals surface area contributed by atoms with E-state index in [-0.39, 0.29) is 5.75 Å². The molecule has 0 radical (unpaired) electrons. The van der Waals surface area contributed by atoms with Crippen LogP contribution in [0.3, 0.4) is 0 Å². The lowest BCUT2D eigenvalue weighted by molar-refractivity contribution is 0.415. The summed E-state index contributed by atoms with van der Waals surface area (Å²) in [5.41, 5.74) is 3.78. The van der Waals surface area contributed by atoms with E-state index in [4.69, 9.17) is 4.74 Å². The third kappa shape index (κ3) is 2.81. The minimum absolute atomic E-state index is 0.176. The number of aromatic nitrogens is 1. The minimum atomic E-state index is -3.26. The van der Waals surface area contributed by atoms with Crippen LogP contribution in [0.2, 0.25) is 0 Å². The Labute approximate surface area is 164 Å². The maximum atomic E-state index is 12.3. The van der Waals surface area contributed by atoms with Crippen molar-refractivity contribution in [1.29, 1.82) is 5.26 Å². The summed E-state index contributed by atoms with van der Waals surface area (Å²) in [6.07, 6.45) is 0.630. The number of sulfonamides is 1. The first-order valence-electron chi connectivity index (χ1n) is 9.21. The SMILES string of the molecule is CCn1c(-c2cccc(N3CCCS3(=O)=O)c2)c(C#N)c2ccc(OC)cc21. The summed E-state index contributed by atoms with van der Waals surface area (Å²) in [7, 11) is -1.64. The molecular formula is C21H21N3O3S. The molecular weight excluding hydrogens is 374 g/mol. The zero-order valence-corrected chi connectivity index (χ0v) is 16.7. The molecule has 0 unspecified atom stereocenters. The summed E-state index contributed by atoms with van der Waals surface area (Å²) < 4.78 is 33.5. The second-order valence-corrected chi connectivity index (χ2v) is 8.77. The van der Waals surface area contributed by atoms with Gasteiger partial charge in [0.25, 0.3) is 0 Å². The zero-order chi connectivity index (χ0) is 19.9. The van der Waals surface area contributed by atoms with Gasteiger partial charge in [-0.3, -0.25) is 4.31 Å². The molecule has 1 saturated heterocycles. The van der Waals surface area contributed by atoms with E-state index in [2.05, 4.69) is 10.6 Å². The molecule has 3 aromatic rings. The van der Waals surface area contributed by atoms with Crippen LogP contribution in [0.25, 0.3) is 22.2 Å². The highest BCUT2D eigenvalue weighted by molar-refractivity contribution is 7.93. The van der Waals surface area contributed by atoms with E-state index in [1.807, 2.05) is 43.3 Å². The molecule has 6 nitrogen and oxygen atoms in total. The van der Waals surface area contributed by atoms with Gasteiger partial charge in [-0.15, -0.1) is 0 Å². The third-order valence-corrected chi connectivity index (χ3v) is 7.08. The number of nitrogens with zero attached hydrogens (tertiary/aromatic N) is 3. The number of hydrogen-bond donors (Lipinski definition) is 0. The van der Waals surface area contributed by atoms with Gasteiger partial charge in [-0.05, 0) is 37.6 Å². The monoisotopic (exact) mass is 395 g/mol. The van der Waals surface area contributed by atoms with E-state index >= 15 is 0 Å². The molecule has 28 heavy (non-hydrogen) atoms.